The highest BCUT2D eigenvalue weighted by atomic mass is 79.9. The van der Waals surface area contributed by atoms with Gasteiger partial charge >= 0.3 is 0 Å². The van der Waals surface area contributed by atoms with Gasteiger partial charge in [0, 0.05) is 17.3 Å². The molecule has 0 amide bonds. The second-order valence-corrected chi connectivity index (χ2v) is 3.52. The number of methoxy groups -OCH3 is 1. The molecule has 0 fully saturated rings. The molecule has 0 radical (unpaired) electrons. The molecule has 3 heteroatoms. The third kappa shape index (κ3) is 1.81. The summed E-state index contributed by atoms with van der Waals surface area (Å²) in [5.74, 6) is 0. The van der Waals surface area contributed by atoms with E-state index in [2.05, 4.69) is 27.4 Å². The van der Waals surface area contributed by atoms with Crippen LogP contribution in [0.25, 0.3) is 0 Å². The molecule has 0 aliphatic rings. The SMILES string of the molecule is COC(CBr)c1cccs1. The van der Waals surface area contributed by atoms with Crippen LogP contribution in [0.2, 0.25) is 0 Å². The fourth-order valence-corrected chi connectivity index (χ4v) is 2.36. The second kappa shape index (κ2) is 4.11. The lowest BCUT2D eigenvalue weighted by Crippen LogP contribution is -1.99. The van der Waals surface area contributed by atoms with Crippen LogP contribution in [0.15, 0.2) is 17.5 Å². The quantitative estimate of drug-likeness (QED) is 0.713. The van der Waals surface area contributed by atoms with Crippen molar-refractivity contribution in [3.63, 3.8) is 0 Å². The smallest absolute Gasteiger partial charge is 0.101 e. The molecule has 1 aromatic rings. The van der Waals surface area contributed by atoms with Gasteiger partial charge in [0.15, 0.2) is 0 Å². The maximum atomic E-state index is 5.21. The minimum Gasteiger partial charge on any atom is -0.375 e. The Balaban J connectivity index is 2.64. The average molecular weight is 221 g/mol. The molecule has 0 aromatic carbocycles. The van der Waals surface area contributed by atoms with Gasteiger partial charge in [-0.15, -0.1) is 11.3 Å². The molecule has 1 atom stereocenters. The van der Waals surface area contributed by atoms with Crippen LogP contribution < -0.4 is 0 Å². The maximum Gasteiger partial charge on any atom is 0.101 e. The normalized spacial score (nSPS) is 13.4. The first-order chi connectivity index (χ1) is 4.88. The Kier molecular flexibility index (Phi) is 3.39. The van der Waals surface area contributed by atoms with Gasteiger partial charge in [-0.1, -0.05) is 22.0 Å². The Labute approximate surface area is 73.1 Å². The van der Waals surface area contributed by atoms with Crippen LogP contribution in [0.5, 0.6) is 0 Å². The molecule has 0 saturated heterocycles. The molecule has 0 N–H and O–H groups in total. The van der Waals surface area contributed by atoms with Crippen molar-refractivity contribution in [3.8, 4) is 0 Å². The molecule has 10 heavy (non-hydrogen) atoms. The Morgan fingerprint density at radius 2 is 2.60 bits per heavy atom. The summed E-state index contributed by atoms with van der Waals surface area (Å²) in [6.07, 6.45) is 0.222. The summed E-state index contributed by atoms with van der Waals surface area (Å²) in [6, 6.07) is 4.12. The van der Waals surface area contributed by atoms with E-state index in [1.807, 2.05) is 6.07 Å². The molecule has 1 nitrogen and oxygen atoms in total. The number of rotatable bonds is 3. The molecular formula is C7H9BrOS. The number of hydrogen-bond acceptors (Lipinski definition) is 2. The van der Waals surface area contributed by atoms with Crippen LogP contribution in [0, 0.1) is 0 Å². The number of ether oxygens (including phenoxy) is 1. The summed E-state index contributed by atoms with van der Waals surface area (Å²) < 4.78 is 5.21. The van der Waals surface area contributed by atoms with E-state index in [0.717, 1.165) is 5.33 Å². The Morgan fingerprint density at radius 3 is 3.00 bits per heavy atom. The monoisotopic (exact) mass is 220 g/mol. The van der Waals surface area contributed by atoms with E-state index in [-0.39, 0.29) is 6.10 Å². The van der Waals surface area contributed by atoms with E-state index < -0.39 is 0 Å². The number of hydrogen-bond donors (Lipinski definition) is 0. The van der Waals surface area contributed by atoms with Gasteiger partial charge in [-0.05, 0) is 11.4 Å². The van der Waals surface area contributed by atoms with Crippen LogP contribution in [0.1, 0.15) is 11.0 Å². The van der Waals surface area contributed by atoms with E-state index >= 15 is 0 Å². The van der Waals surface area contributed by atoms with Crippen molar-refractivity contribution in [2.24, 2.45) is 0 Å². The highest BCUT2D eigenvalue weighted by molar-refractivity contribution is 9.09. The molecular weight excluding hydrogens is 212 g/mol. The van der Waals surface area contributed by atoms with Gasteiger partial charge in [0.05, 0.1) is 0 Å². The first-order valence-electron chi connectivity index (χ1n) is 3.00. The fraction of sp³-hybridized carbons (Fsp3) is 0.429. The Bertz CT molecular complexity index is 170. The predicted molar refractivity (Wildman–Crippen MR) is 47.9 cm³/mol. The van der Waals surface area contributed by atoms with Crippen molar-refractivity contribution in [1.82, 2.24) is 0 Å². The van der Waals surface area contributed by atoms with E-state index in [1.165, 1.54) is 4.88 Å². The summed E-state index contributed by atoms with van der Waals surface area (Å²) in [4.78, 5) is 1.28. The maximum absolute atomic E-state index is 5.21. The first-order valence-corrected chi connectivity index (χ1v) is 5.00. The summed E-state index contributed by atoms with van der Waals surface area (Å²) >= 11 is 5.10. The van der Waals surface area contributed by atoms with Gasteiger partial charge in [0.2, 0.25) is 0 Å². The first kappa shape index (κ1) is 8.24. The van der Waals surface area contributed by atoms with Gasteiger partial charge in [0.1, 0.15) is 6.10 Å². The van der Waals surface area contributed by atoms with Crippen LogP contribution in [-0.4, -0.2) is 12.4 Å². The Morgan fingerprint density at radius 1 is 1.80 bits per heavy atom. The van der Waals surface area contributed by atoms with E-state index in [1.54, 1.807) is 18.4 Å². The third-order valence-corrected chi connectivity index (χ3v) is 2.84. The molecule has 0 aliphatic carbocycles. The third-order valence-electron chi connectivity index (χ3n) is 1.29. The largest absolute Gasteiger partial charge is 0.375 e. The highest BCUT2D eigenvalue weighted by Gasteiger charge is 2.07. The topological polar surface area (TPSA) is 9.23 Å². The van der Waals surface area contributed by atoms with Gasteiger partial charge in [-0.25, -0.2) is 0 Å². The molecule has 1 unspecified atom stereocenters. The van der Waals surface area contributed by atoms with Crippen molar-refractivity contribution in [2.75, 3.05) is 12.4 Å². The Hall–Kier alpha value is 0.140. The summed E-state index contributed by atoms with van der Waals surface area (Å²) in [5.41, 5.74) is 0. The fourth-order valence-electron chi connectivity index (χ4n) is 0.730. The zero-order chi connectivity index (χ0) is 7.40. The number of halogens is 1. The summed E-state index contributed by atoms with van der Waals surface area (Å²) in [6.45, 7) is 0. The second-order valence-electron chi connectivity index (χ2n) is 1.89. The van der Waals surface area contributed by atoms with Gasteiger partial charge in [-0.3, -0.25) is 0 Å². The summed E-state index contributed by atoms with van der Waals surface area (Å²) in [5, 5.41) is 2.92. The van der Waals surface area contributed by atoms with Crippen LogP contribution in [-0.2, 0) is 4.74 Å². The van der Waals surface area contributed by atoms with Crippen LogP contribution >= 0.6 is 27.3 Å². The van der Waals surface area contributed by atoms with Crippen molar-refractivity contribution in [1.29, 1.82) is 0 Å². The lowest BCUT2D eigenvalue weighted by atomic mass is 10.3. The van der Waals surface area contributed by atoms with Crippen molar-refractivity contribution in [2.45, 2.75) is 6.10 Å². The summed E-state index contributed by atoms with van der Waals surface area (Å²) in [7, 11) is 1.73. The van der Waals surface area contributed by atoms with Gasteiger partial charge in [0.25, 0.3) is 0 Å². The zero-order valence-corrected chi connectivity index (χ0v) is 8.11. The van der Waals surface area contributed by atoms with Crippen molar-refractivity contribution in [3.05, 3.63) is 22.4 Å². The minimum absolute atomic E-state index is 0.222. The highest BCUT2D eigenvalue weighted by Crippen LogP contribution is 2.22. The molecule has 1 rings (SSSR count). The van der Waals surface area contributed by atoms with Crippen LogP contribution in [0.4, 0.5) is 0 Å². The predicted octanol–water partition coefficient (Wildman–Crippen LogP) is 2.83. The lowest BCUT2D eigenvalue weighted by Gasteiger charge is -2.08. The molecule has 1 heterocycles. The standard InChI is InChI=1S/C7H9BrOS/c1-9-6(5-8)7-3-2-4-10-7/h2-4,6H,5H2,1H3. The molecule has 56 valence electrons. The van der Waals surface area contributed by atoms with E-state index in [9.17, 15) is 0 Å². The van der Waals surface area contributed by atoms with E-state index in [4.69, 9.17) is 4.74 Å². The number of alkyl halides is 1. The minimum atomic E-state index is 0.222. The van der Waals surface area contributed by atoms with Crippen molar-refractivity contribution < 1.29 is 4.74 Å². The zero-order valence-electron chi connectivity index (χ0n) is 5.71. The average Bonchev–Trinajstić information content (AvgIpc) is 2.43. The van der Waals surface area contributed by atoms with Crippen molar-refractivity contribution >= 4 is 27.3 Å². The number of thiophene rings is 1. The molecule has 0 saturated carbocycles. The molecule has 0 aliphatic heterocycles. The van der Waals surface area contributed by atoms with Crippen LogP contribution in [0.3, 0.4) is 0 Å². The lowest BCUT2D eigenvalue weighted by molar-refractivity contribution is 0.127. The molecule has 0 bridgehead atoms. The molecule has 0 spiro atoms. The molecule has 1 aromatic heterocycles. The van der Waals surface area contributed by atoms with E-state index in [0.29, 0.717) is 0 Å². The van der Waals surface area contributed by atoms with Gasteiger partial charge < -0.3 is 4.74 Å². The van der Waals surface area contributed by atoms with Gasteiger partial charge in [-0.2, -0.15) is 0 Å².